The monoisotopic (exact) mass is 1570 g/mol. The highest BCUT2D eigenvalue weighted by atomic mass is 28.3. The van der Waals surface area contributed by atoms with E-state index in [1.807, 2.05) is 48.5 Å². The lowest BCUT2D eigenvalue weighted by Crippen LogP contribution is -2.41. The molecule has 2 unspecified atom stereocenters. The molecule has 0 fully saturated rings. The molecular weight excluding hydrogens is 1450 g/mol. The summed E-state index contributed by atoms with van der Waals surface area (Å²) in [6.07, 6.45) is 9.47. The van der Waals surface area contributed by atoms with E-state index in [1.54, 1.807) is 0 Å². The molecule has 0 aliphatic heterocycles. The van der Waals surface area contributed by atoms with Crippen LogP contribution >= 0.6 is 0 Å². The standard InChI is InChI=1S/C52H60N2O2Si2.C52H58N2Si2/c1-11-13-29-57(33(3)4,34(5)6)31-27-51(55)39-21-17-15-19-37(39)49-45-41(51)23-25-43-47(45)48-44(53-49)26-24-42-46(48)50(54-43)38-20-16-18-22-40(38)52(42,56)28-32-58(35(7)8,36(9)10)30-14-12-2;1-11-13-29-55(33(3)4,34(5)6)31-27-39-37-19-15-17-21-43(37)51-47-41(39)23-25-45-49(47)50-46(53-51)26-24-42-40(28-32-56(35(7)8,36(9)10)30-14-12-2)38-20-16-18-22-44(38)52(54-45)48(42)50/h15-26,33-36,55-56H,11-14,29-30H2,1-10H3;15-26,33-36H,11-14,29-30H2,1-10H3. The van der Waals surface area contributed by atoms with Gasteiger partial charge in [-0.3, -0.25) is 0 Å². The second kappa shape index (κ2) is 31.0. The Kier molecular flexibility index (Phi) is 21.9. The van der Waals surface area contributed by atoms with E-state index in [4.69, 9.17) is 19.9 Å². The molecule has 2 N–H and O–H groups in total. The predicted molar refractivity (Wildman–Crippen MR) is 502 cm³/mol. The van der Waals surface area contributed by atoms with Crippen molar-refractivity contribution < 1.29 is 10.2 Å². The second-order valence-corrected chi connectivity index (χ2v) is 57.1. The molecule has 4 heterocycles. The third-order valence-corrected chi connectivity index (χ3v) is 51.9. The fourth-order valence-electron chi connectivity index (χ4n) is 21.2. The van der Waals surface area contributed by atoms with Crippen LogP contribution in [-0.4, -0.2) is 62.4 Å². The van der Waals surface area contributed by atoms with Crippen LogP contribution in [0.5, 0.6) is 0 Å². The first-order valence-corrected chi connectivity index (χ1v) is 52.9. The van der Waals surface area contributed by atoms with Crippen LogP contribution in [0.3, 0.4) is 0 Å². The van der Waals surface area contributed by atoms with Gasteiger partial charge >= 0.3 is 0 Å². The molecular formula is C104H118N4O2Si4. The van der Waals surface area contributed by atoms with E-state index in [0.717, 1.165) is 148 Å². The van der Waals surface area contributed by atoms with E-state index in [1.165, 1.54) is 91.6 Å². The third kappa shape index (κ3) is 12.5. The van der Waals surface area contributed by atoms with Crippen molar-refractivity contribution in [1.29, 1.82) is 0 Å². The van der Waals surface area contributed by atoms with E-state index in [-0.39, 0.29) is 0 Å². The summed E-state index contributed by atoms with van der Waals surface area (Å²) in [5.41, 5.74) is 31.9. The Morgan fingerprint density at radius 2 is 0.570 bits per heavy atom. The maximum Gasteiger partial charge on any atom is 0.177 e. The van der Waals surface area contributed by atoms with E-state index >= 15 is 0 Å². The van der Waals surface area contributed by atoms with Gasteiger partial charge in [-0.1, -0.05) is 335 Å². The average Bonchev–Trinajstić information content (AvgIpc) is 0.684. The number of hydrogen-bond acceptors (Lipinski definition) is 6. The summed E-state index contributed by atoms with van der Waals surface area (Å²) in [6, 6.07) is 56.0. The number of nitrogens with zero attached hydrogens (tertiary/aromatic N) is 4. The molecule has 14 aromatic rings. The lowest BCUT2D eigenvalue weighted by molar-refractivity contribution is 0.146. The van der Waals surface area contributed by atoms with E-state index in [0.29, 0.717) is 44.3 Å². The summed E-state index contributed by atoms with van der Waals surface area (Å²) < 4.78 is 0. The van der Waals surface area contributed by atoms with E-state index in [9.17, 15) is 10.2 Å². The molecule has 2 aliphatic rings. The fourth-order valence-corrected chi connectivity index (χ4v) is 39.3. The zero-order chi connectivity index (χ0) is 80.9. The maximum absolute atomic E-state index is 13.3. The van der Waals surface area contributed by atoms with Crippen LogP contribution < -0.4 is 0 Å². The van der Waals surface area contributed by atoms with Crippen molar-refractivity contribution in [2.75, 3.05) is 0 Å². The Morgan fingerprint density at radius 1 is 0.289 bits per heavy atom. The van der Waals surface area contributed by atoms with Crippen LogP contribution in [0.4, 0.5) is 0 Å². The molecule has 0 amide bonds. The number of pyridine rings is 4. The molecule has 0 spiro atoms. The molecule has 2 aliphatic carbocycles. The Labute approximate surface area is 683 Å². The molecule has 0 saturated heterocycles. The highest BCUT2D eigenvalue weighted by Crippen LogP contribution is 2.56. The lowest BCUT2D eigenvalue weighted by Gasteiger charge is -2.37. The van der Waals surface area contributed by atoms with Crippen LogP contribution in [0.1, 0.15) is 223 Å². The van der Waals surface area contributed by atoms with Gasteiger partial charge in [0.15, 0.2) is 11.2 Å². The normalized spacial score (nSPS) is 15.8. The number of hydrogen-bond donors (Lipinski definition) is 2. The molecule has 10 aromatic carbocycles. The Balaban J connectivity index is 0.000000180. The average molecular weight is 1570 g/mol. The van der Waals surface area contributed by atoms with Crippen molar-refractivity contribution in [2.45, 2.75) is 270 Å². The van der Waals surface area contributed by atoms with Crippen molar-refractivity contribution in [2.24, 2.45) is 0 Å². The van der Waals surface area contributed by atoms with Gasteiger partial charge in [0.25, 0.3) is 0 Å². The van der Waals surface area contributed by atoms with Gasteiger partial charge in [0.2, 0.25) is 0 Å². The zero-order valence-electron chi connectivity index (χ0n) is 71.6. The maximum atomic E-state index is 13.3. The number of rotatable bonds is 20. The molecule has 6 nitrogen and oxygen atoms in total. The fraction of sp³-hybridized carbons (Fsp3) is 0.404. The Morgan fingerprint density at radius 3 is 0.895 bits per heavy atom. The Bertz CT molecular complexity index is 5920. The van der Waals surface area contributed by atoms with Gasteiger partial charge in [-0.25, -0.2) is 19.9 Å². The predicted octanol–water partition coefficient (Wildman–Crippen LogP) is 28.4. The van der Waals surface area contributed by atoms with Crippen molar-refractivity contribution in [3.63, 3.8) is 0 Å². The van der Waals surface area contributed by atoms with Crippen LogP contribution in [0.2, 0.25) is 68.5 Å². The van der Waals surface area contributed by atoms with E-state index in [2.05, 4.69) is 281 Å². The van der Waals surface area contributed by atoms with Crippen molar-refractivity contribution >= 4 is 141 Å². The summed E-state index contributed by atoms with van der Waals surface area (Å²) in [5.74, 6) is 15.2. The molecule has 582 valence electrons. The van der Waals surface area contributed by atoms with Crippen molar-refractivity contribution in [3.8, 4) is 68.4 Å². The molecule has 16 rings (SSSR count). The highest BCUT2D eigenvalue weighted by Gasteiger charge is 2.47. The molecule has 0 bridgehead atoms. The summed E-state index contributed by atoms with van der Waals surface area (Å²) in [4.78, 5) is 22.1. The highest BCUT2D eigenvalue weighted by molar-refractivity contribution is 6.91. The summed E-state index contributed by atoms with van der Waals surface area (Å²) >= 11 is 0. The summed E-state index contributed by atoms with van der Waals surface area (Å²) in [7, 11) is -8.18. The van der Waals surface area contributed by atoms with Crippen LogP contribution in [-0.2, 0) is 11.2 Å². The van der Waals surface area contributed by atoms with Gasteiger partial charge in [0.05, 0.1) is 44.5 Å². The van der Waals surface area contributed by atoms with Gasteiger partial charge in [0, 0.05) is 120 Å². The van der Waals surface area contributed by atoms with Gasteiger partial charge in [-0.15, -0.1) is 22.2 Å². The van der Waals surface area contributed by atoms with E-state index < -0.39 is 43.5 Å². The second-order valence-electron chi connectivity index (χ2n) is 36.5. The number of benzene rings is 10. The Hall–Kier alpha value is -8.79. The topological polar surface area (TPSA) is 92.0 Å². The molecule has 114 heavy (non-hydrogen) atoms. The largest absolute Gasteiger partial charge is 0.369 e. The molecule has 10 heteroatoms. The van der Waals surface area contributed by atoms with Crippen molar-refractivity contribution in [1.82, 2.24) is 19.9 Å². The lowest BCUT2D eigenvalue weighted by atomic mass is 9.72. The minimum Gasteiger partial charge on any atom is -0.369 e. The van der Waals surface area contributed by atoms with Crippen molar-refractivity contribution in [3.05, 3.63) is 179 Å². The number of aliphatic hydroxyl groups is 2. The smallest absolute Gasteiger partial charge is 0.177 e. The summed E-state index contributed by atoms with van der Waals surface area (Å²) in [5, 5.41) is 42.2. The number of aromatic nitrogens is 4. The first-order valence-electron chi connectivity index (χ1n) is 43.5. The number of unbranched alkanes of at least 4 members (excludes halogenated alkanes) is 4. The number of fused-ring (bicyclic) bond motifs is 8. The van der Waals surface area contributed by atoms with Gasteiger partial charge in [-0.05, 0) is 92.8 Å². The zero-order valence-corrected chi connectivity index (χ0v) is 75.6. The minimum atomic E-state index is -2.15. The SMILES string of the molecule is CCCC[Si](C#CC1(O)c2ccccc2-c2nc3ccc4c5c(nc6ccc1c2c6c35)-c1ccccc1C4(O)C#C[Si](CCCC)(C(C)C)C(C)C)(C(C)C)C(C)C.CCCC[Si](C#Cc1c2ccccc2c2nc3ccc4c(C#C[Si](CCCC)(C(C)C)C(C)C)c5ccccc5c5nc6ccc1c2c6c3c45)(C(C)C)C(C)C. The first kappa shape index (κ1) is 80.4. The molecule has 2 atom stereocenters. The van der Waals surface area contributed by atoms with Gasteiger partial charge in [0.1, 0.15) is 32.3 Å². The van der Waals surface area contributed by atoms with Crippen LogP contribution in [0, 0.1) is 45.9 Å². The molecule has 0 radical (unpaired) electrons. The third-order valence-electron chi connectivity index (χ3n) is 28.3. The van der Waals surface area contributed by atoms with Crippen LogP contribution in [0.15, 0.2) is 146 Å². The van der Waals surface area contributed by atoms with Gasteiger partial charge in [-0.2, -0.15) is 0 Å². The first-order chi connectivity index (χ1) is 54.7. The minimum absolute atomic E-state index is 0.449. The summed E-state index contributed by atoms with van der Waals surface area (Å²) in [6.45, 7) is 47.2. The van der Waals surface area contributed by atoms with Crippen LogP contribution in [0.25, 0.3) is 131 Å². The van der Waals surface area contributed by atoms with Gasteiger partial charge < -0.3 is 10.2 Å². The molecule has 4 aromatic heterocycles. The quantitative estimate of drug-likeness (QED) is 0.0342. The molecule has 0 saturated carbocycles.